The zero-order chi connectivity index (χ0) is 15.1. The lowest BCUT2D eigenvalue weighted by Gasteiger charge is -2.10. The number of nitrogen functional groups attached to an aromatic ring is 1. The topological polar surface area (TPSA) is 63.9 Å². The maximum Gasteiger partial charge on any atom is 0.198 e. The molecule has 0 atom stereocenters. The van der Waals surface area contributed by atoms with E-state index in [0.29, 0.717) is 5.95 Å². The molecule has 1 heterocycles. The van der Waals surface area contributed by atoms with E-state index in [1.54, 1.807) is 7.11 Å². The van der Waals surface area contributed by atoms with Crippen LogP contribution in [0, 0.1) is 0 Å². The minimum atomic E-state index is 0.404. The van der Waals surface area contributed by atoms with E-state index in [1.165, 1.54) is 0 Å². The molecule has 0 aromatic heterocycles. The molecule has 2 aliphatic rings. The van der Waals surface area contributed by atoms with Crippen LogP contribution in [0.4, 0.5) is 5.95 Å². The molecule has 108 valence electrons. The van der Waals surface area contributed by atoms with Crippen LogP contribution in [-0.2, 0) is 0 Å². The van der Waals surface area contributed by atoms with Gasteiger partial charge in [-0.15, -0.1) is 0 Å². The first-order chi connectivity index (χ1) is 10.8. The Morgan fingerprint density at radius 1 is 1.05 bits per heavy atom. The zero-order valence-corrected chi connectivity index (χ0v) is 12.1. The molecule has 0 fully saturated rings. The number of H-pyrrole nitrogens is 1. The average Bonchev–Trinajstić information content (AvgIpc) is 2.92. The molecular formula is C18H15N3O. The monoisotopic (exact) mass is 289 g/mol. The summed E-state index contributed by atoms with van der Waals surface area (Å²) in [6, 6.07) is 18.2. The Bertz CT molecular complexity index is 928. The molecule has 0 saturated heterocycles. The van der Waals surface area contributed by atoms with Crippen LogP contribution >= 0.6 is 0 Å². The molecule has 0 unspecified atom stereocenters. The molecule has 3 N–H and O–H groups in total. The fourth-order valence-corrected chi connectivity index (χ4v) is 2.85. The maximum absolute atomic E-state index is 5.98. The van der Waals surface area contributed by atoms with Crippen molar-refractivity contribution < 1.29 is 4.74 Å². The fourth-order valence-electron chi connectivity index (χ4n) is 2.85. The van der Waals surface area contributed by atoms with Crippen LogP contribution in [0.2, 0.25) is 0 Å². The SMILES string of the molecule is COc1ccc2cc3c(-c4ccccc4)nc(N)[nH]c-3c2c1. The predicted octanol–water partition coefficient (Wildman–Crippen LogP) is 3.93. The number of nitrogens with zero attached hydrogens (tertiary/aromatic N) is 1. The van der Waals surface area contributed by atoms with Gasteiger partial charge in [0.1, 0.15) is 5.75 Å². The third kappa shape index (κ3) is 1.89. The summed E-state index contributed by atoms with van der Waals surface area (Å²) in [5, 5.41) is 2.22. The highest BCUT2D eigenvalue weighted by molar-refractivity contribution is 6.05. The van der Waals surface area contributed by atoms with Crippen molar-refractivity contribution in [3.63, 3.8) is 0 Å². The van der Waals surface area contributed by atoms with Gasteiger partial charge < -0.3 is 15.5 Å². The first kappa shape index (κ1) is 12.7. The highest BCUT2D eigenvalue weighted by Gasteiger charge is 2.18. The van der Waals surface area contributed by atoms with Gasteiger partial charge in [-0.3, -0.25) is 0 Å². The number of nitrogens with two attached hydrogens (primary N) is 1. The molecule has 0 radical (unpaired) electrons. The largest absolute Gasteiger partial charge is 0.497 e. The highest BCUT2D eigenvalue weighted by atomic mass is 16.5. The molecule has 2 aromatic carbocycles. The van der Waals surface area contributed by atoms with Gasteiger partial charge in [0.2, 0.25) is 0 Å². The summed E-state index contributed by atoms with van der Waals surface area (Å²) in [4.78, 5) is 7.69. The second kappa shape index (κ2) is 4.77. The van der Waals surface area contributed by atoms with Gasteiger partial charge in [0.15, 0.2) is 5.95 Å². The van der Waals surface area contributed by atoms with E-state index in [0.717, 1.165) is 39.0 Å². The summed E-state index contributed by atoms with van der Waals surface area (Å²) in [5.74, 6) is 1.23. The van der Waals surface area contributed by atoms with Crippen molar-refractivity contribution in [1.82, 2.24) is 9.97 Å². The first-order valence-electron chi connectivity index (χ1n) is 7.07. The number of aromatic nitrogens is 2. The maximum atomic E-state index is 5.98. The van der Waals surface area contributed by atoms with Gasteiger partial charge in [-0.1, -0.05) is 36.4 Å². The number of fused-ring (bicyclic) bond motifs is 3. The van der Waals surface area contributed by atoms with Crippen LogP contribution < -0.4 is 10.5 Å². The minimum Gasteiger partial charge on any atom is -0.497 e. The second-order valence-corrected chi connectivity index (χ2v) is 5.22. The summed E-state index contributed by atoms with van der Waals surface area (Å²) in [5.41, 5.74) is 9.97. The van der Waals surface area contributed by atoms with Gasteiger partial charge >= 0.3 is 0 Å². The Kier molecular flexibility index (Phi) is 2.76. The molecule has 4 rings (SSSR count). The van der Waals surface area contributed by atoms with E-state index in [1.807, 2.05) is 48.5 Å². The van der Waals surface area contributed by atoms with Crippen LogP contribution in [-0.4, -0.2) is 17.1 Å². The van der Waals surface area contributed by atoms with Crippen LogP contribution in [0.1, 0.15) is 0 Å². The molecule has 4 nitrogen and oxygen atoms in total. The molecule has 22 heavy (non-hydrogen) atoms. The number of methoxy groups -OCH3 is 1. The standard InChI is InChI=1S/C18H15N3O/c1-22-13-8-7-12-9-15-16(11-5-3-2-4-6-11)20-18(19)21-17(15)14(12)10-13/h2-10H,1H3,(H3,19,20,21). The first-order valence-corrected chi connectivity index (χ1v) is 7.07. The van der Waals surface area contributed by atoms with Crippen molar-refractivity contribution in [1.29, 1.82) is 0 Å². The minimum absolute atomic E-state index is 0.404. The summed E-state index contributed by atoms with van der Waals surface area (Å²) in [7, 11) is 1.67. The van der Waals surface area contributed by atoms with Gasteiger partial charge in [0.05, 0.1) is 18.5 Å². The summed E-state index contributed by atoms with van der Waals surface area (Å²) in [6.07, 6.45) is 0. The third-order valence-corrected chi connectivity index (χ3v) is 3.89. The Labute approximate surface area is 127 Å². The number of hydrogen-bond donors (Lipinski definition) is 2. The molecule has 2 aromatic rings. The van der Waals surface area contributed by atoms with E-state index in [-0.39, 0.29) is 0 Å². The summed E-state index contributed by atoms with van der Waals surface area (Å²) in [6.45, 7) is 0. The van der Waals surface area contributed by atoms with E-state index < -0.39 is 0 Å². The summed E-state index contributed by atoms with van der Waals surface area (Å²) >= 11 is 0. The number of anilines is 1. The van der Waals surface area contributed by atoms with Crippen molar-refractivity contribution in [2.24, 2.45) is 0 Å². The molecule has 0 spiro atoms. The van der Waals surface area contributed by atoms with E-state index in [2.05, 4.69) is 16.0 Å². The van der Waals surface area contributed by atoms with Crippen molar-refractivity contribution in [2.45, 2.75) is 0 Å². The third-order valence-electron chi connectivity index (χ3n) is 3.89. The Hall–Kier alpha value is -3.01. The van der Waals surface area contributed by atoms with Crippen LogP contribution in [0.15, 0.2) is 54.6 Å². The van der Waals surface area contributed by atoms with Gasteiger partial charge in [-0.05, 0) is 23.6 Å². The Morgan fingerprint density at radius 3 is 2.64 bits per heavy atom. The quantitative estimate of drug-likeness (QED) is 0.587. The average molecular weight is 289 g/mol. The highest BCUT2D eigenvalue weighted by Crippen LogP contribution is 2.40. The number of aromatic amines is 1. The lowest BCUT2D eigenvalue weighted by molar-refractivity contribution is 0.415. The van der Waals surface area contributed by atoms with Gasteiger partial charge in [-0.25, -0.2) is 4.98 Å². The van der Waals surface area contributed by atoms with Crippen molar-refractivity contribution in [3.05, 3.63) is 54.6 Å². The van der Waals surface area contributed by atoms with Crippen molar-refractivity contribution in [3.8, 4) is 28.3 Å². The molecule has 0 bridgehead atoms. The molecule has 4 heteroatoms. The van der Waals surface area contributed by atoms with Gasteiger partial charge in [0.25, 0.3) is 0 Å². The van der Waals surface area contributed by atoms with E-state index >= 15 is 0 Å². The van der Waals surface area contributed by atoms with Gasteiger partial charge in [0, 0.05) is 16.5 Å². The number of benzene rings is 2. The molecule has 0 saturated carbocycles. The van der Waals surface area contributed by atoms with Crippen molar-refractivity contribution in [2.75, 3.05) is 12.8 Å². The Balaban J connectivity index is 2.05. The molecule has 1 aliphatic carbocycles. The molecular weight excluding hydrogens is 274 g/mol. The van der Waals surface area contributed by atoms with Crippen LogP contribution in [0.3, 0.4) is 0 Å². The fraction of sp³-hybridized carbons (Fsp3) is 0.0556. The van der Waals surface area contributed by atoms with Crippen molar-refractivity contribution >= 4 is 16.7 Å². The predicted molar refractivity (Wildman–Crippen MR) is 89.1 cm³/mol. The normalized spacial score (nSPS) is 11.1. The molecule has 1 aliphatic heterocycles. The van der Waals surface area contributed by atoms with E-state index in [9.17, 15) is 0 Å². The number of ether oxygens (including phenoxy) is 1. The number of nitrogens with one attached hydrogen (secondary N) is 1. The smallest absolute Gasteiger partial charge is 0.198 e. The summed E-state index contributed by atoms with van der Waals surface area (Å²) < 4.78 is 5.32. The number of rotatable bonds is 2. The van der Waals surface area contributed by atoms with E-state index in [4.69, 9.17) is 10.5 Å². The second-order valence-electron chi connectivity index (χ2n) is 5.22. The lowest BCUT2D eigenvalue weighted by atomic mass is 10.1. The zero-order valence-electron chi connectivity index (χ0n) is 12.1. The van der Waals surface area contributed by atoms with Crippen LogP contribution in [0.25, 0.3) is 33.3 Å². The van der Waals surface area contributed by atoms with Crippen LogP contribution in [0.5, 0.6) is 5.75 Å². The lowest BCUT2D eigenvalue weighted by Crippen LogP contribution is -1.99. The Morgan fingerprint density at radius 2 is 1.86 bits per heavy atom. The number of hydrogen-bond acceptors (Lipinski definition) is 3. The van der Waals surface area contributed by atoms with Gasteiger partial charge in [-0.2, -0.15) is 0 Å². The molecule has 0 amide bonds.